The summed E-state index contributed by atoms with van der Waals surface area (Å²) in [6.45, 7) is 1.78. The van der Waals surface area contributed by atoms with Crippen molar-refractivity contribution in [2.45, 2.75) is 38.6 Å². The number of amides is 2. The highest BCUT2D eigenvalue weighted by molar-refractivity contribution is 5.79. The molecule has 5 nitrogen and oxygen atoms in total. The minimum atomic E-state index is -0.986. The maximum atomic E-state index is 11.8. The summed E-state index contributed by atoms with van der Waals surface area (Å²) in [4.78, 5) is 23.6. The maximum absolute atomic E-state index is 11.8. The Kier molecular flexibility index (Phi) is 3.78. The van der Waals surface area contributed by atoms with E-state index in [1.807, 2.05) is 6.92 Å². The molecule has 4 unspecified atom stereocenters. The van der Waals surface area contributed by atoms with Gasteiger partial charge in [0.1, 0.15) is 6.54 Å². The van der Waals surface area contributed by atoms with Gasteiger partial charge in [-0.25, -0.2) is 4.79 Å². The summed E-state index contributed by atoms with van der Waals surface area (Å²) in [6, 6.07) is -0.142. The van der Waals surface area contributed by atoms with E-state index in [0.29, 0.717) is 5.92 Å². The number of hydrogen-bond donors (Lipinski definition) is 2. The van der Waals surface area contributed by atoms with Crippen LogP contribution in [0.4, 0.5) is 4.79 Å². The van der Waals surface area contributed by atoms with E-state index < -0.39 is 5.97 Å². The minimum absolute atomic E-state index is 0.143. The van der Waals surface area contributed by atoms with Gasteiger partial charge in [0.25, 0.3) is 0 Å². The maximum Gasteiger partial charge on any atom is 0.323 e. The molecule has 2 saturated carbocycles. The molecular weight excluding hydrogens is 232 g/mol. The van der Waals surface area contributed by atoms with Gasteiger partial charge >= 0.3 is 12.0 Å². The lowest BCUT2D eigenvalue weighted by molar-refractivity contribution is -0.137. The molecule has 0 aliphatic heterocycles. The molecule has 0 spiro atoms. The van der Waals surface area contributed by atoms with E-state index in [1.165, 1.54) is 37.6 Å². The van der Waals surface area contributed by atoms with Crippen molar-refractivity contribution < 1.29 is 14.7 Å². The molecule has 2 rings (SSSR count). The van der Waals surface area contributed by atoms with E-state index in [0.717, 1.165) is 11.8 Å². The van der Waals surface area contributed by atoms with Crippen LogP contribution in [0.5, 0.6) is 0 Å². The Balaban J connectivity index is 1.82. The Bertz CT molecular complexity index is 345. The number of fused-ring (bicyclic) bond motifs is 2. The molecule has 18 heavy (non-hydrogen) atoms. The molecule has 102 valence electrons. The number of carboxylic acid groups (broad SMARTS) is 1. The smallest absolute Gasteiger partial charge is 0.323 e. The van der Waals surface area contributed by atoms with Crippen LogP contribution in [0.3, 0.4) is 0 Å². The highest BCUT2D eigenvalue weighted by Gasteiger charge is 2.42. The second-order valence-electron chi connectivity index (χ2n) is 5.83. The monoisotopic (exact) mass is 254 g/mol. The zero-order chi connectivity index (χ0) is 13.3. The first-order chi connectivity index (χ1) is 8.47. The van der Waals surface area contributed by atoms with Crippen LogP contribution in [0.15, 0.2) is 0 Å². The van der Waals surface area contributed by atoms with E-state index in [-0.39, 0.29) is 18.6 Å². The predicted octanol–water partition coefficient (Wildman–Crippen LogP) is 1.54. The van der Waals surface area contributed by atoms with Gasteiger partial charge in [0, 0.05) is 13.1 Å². The highest BCUT2D eigenvalue weighted by Crippen LogP contribution is 2.49. The van der Waals surface area contributed by atoms with Crippen LogP contribution in [0.1, 0.15) is 32.6 Å². The molecule has 0 aromatic rings. The van der Waals surface area contributed by atoms with E-state index in [9.17, 15) is 9.59 Å². The fourth-order valence-electron chi connectivity index (χ4n) is 3.59. The molecule has 0 heterocycles. The van der Waals surface area contributed by atoms with Crippen molar-refractivity contribution in [1.82, 2.24) is 10.2 Å². The van der Waals surface area contributed by atoms with Gasteiger partial charge in [-0.1, -0.05) is 6.42 Å². The lowest BCUT2D eigenvalue weighted by atomic mass is 9.84. The SMILES string of the molecule is CC(NC(=O)N(C)CC(=O)O)C1CC2CCC1C2. The quantitative estimate of drug-likeness (QED) is 0.799. The minimum Gasteiger partial charge on any atom is -0.480 e. The number of nitrogens with one attached hydrogen (secondary N) is 1. The van der Waals surface area contributed by atoms with E-state index in [2.05, 4.69) is 5.32 Å². The standard InChI is InChI=1S/C13H22N2O3/c1-8(11-6-9-3-4-10(11)5-9)14-13(18)15(2)7-12(16)17/h8-11H,3-7H2,1-2H3,(H,14,18)(H,16,17). The largest absolute Gasteiger partial charge is 0.480 e. The number of aliphatic carboxylic acids is 1. The highest BCUT2D eigenvalue weighted by atomic mass is 16.4. The van der Waals surface area contributed by atoms with Crippen molar-refractivity contribution in [2.24, 2.45) is 17.8 Å². The topological polar surface area (TPSA) is 69.6 Å². The predicted molar refractivity (Wildman–Crippen MR) is 67.2 cm³/mol. The van der Waals surface area contributed by atoms with Crippen LogP contribution < -0.4 is 5.32 Å². The van der Waals surface area contributed by atoms with Crippen LogP contribution in [0.25, 0.3) is 0 Å². The Labute approximate surface area is 108 Å². The van der Waals surface area contributed by atoms with Gasteiger partial charge in [-0.2, -0.15) is 0 Å². The number of hydrogen-bond acceptors (Lipinski definition) is 2. The molecule has 2 amide bonds. The summed E-state index contributed by atoms with van der Waals surface area (Å²) < 4.78 is 0. The van der Waals surface area contributed by atoms with Crippen LogP contribution >= 0.6 is 0 Å². The molecule has 0 saturated heterocycles. The van der Waals surface area contributed by atoms with Crippen molar-refractivity contribution in [3.05, 3.63) is 0 Å². The first-order valence-electron chi connectivity index (χ1n) is 6.70. The van der Waals surface area contributed by atoms with E-state index in [4.69, 9.17) is 5.11 Å². The van der Waals surface area contributed by atoms with Crippen molar-refractivity contribution in [3.63, 3.8) is 0 Å². The summed E-state index contributed by atoms with van der Waals surface area (Å²) in [5.41, 5.74) is 0. The molecule has 4 atom stereocenters. The number of urea groups is 1. The Morgan fingerprint density at radius 1 is 1.39 bits per heavy atom. The number of carbonyl (C=O) groups is 2. The third kappa shape index (κ3) is 2.76. The summed E-state index contributed by atoms with van der Waals surface area (Å²) >= 11 is 0. The summed E-state index contributed by atoms with van der Waals surface area (Å²) in [5, 5.41) is 11.6. The van der Waals surface area contributed by atoms with Crippen molar-refractivity contribution in [3.8, 4) is 0 Å². The zero-order valence-electron chi connectivity index (χ0n) is 11.1. The van der Waals surface area contributed by atoms with Gasteiger partial charge in [0.2, 0.25) is 0 Å². The first kappa shape index (κ1) is 13.2. The molecule has 0 aromatic carbocycles. The fraction of sp³-hybridized carbons (Fsp3) is 0.846. The zero-order valence-corrected chi connectivity index (χ0v) is 11.1. The third-order valence-corrected chi connectivity index (χ3v) is 4.51. The number of likely N-dealkylation sites (N-methyl/N-ethyl adjacent to an activating group) is 1. The van der Waals surface area contributed by atoms with Crippen molar-refractivity contribution in [2.75, 3.05) is 13.6 Å². The lowest BCUT2D eigenvalue weighted by Gasteiger charge is -2.29. The summed E-state index contributed by atoms with van der Waals surface area (Å²) in [6.07, 6.45) is 5.17. The number of carboxylic acids is 1. The van der Waals surface area contributed by atoms with Crippen LogP contribution in [-0.2, 0) is 4.79 Å². The molecular formula is C13H22N2O3. The van der Waals surface area contributed by atoms with Crippen molar-refractivity contribution >= 4 is 12.0 Å². The Morgan fingerprint density at radius 2 is 2.11 bits per heavy atom. The lowest BCUT2D eigenvalue weighted by Crippen LogP contribution is -2.47. The third-order valence-electron chi connectivity index (χ3n) is 4.51. The molecule has 0 aromatic heterocycles. The number of rotatable bonds is 4. The molecule has 2 aliphatic carbocycles. The van der Waals surface area contributed by atoms with E-state index in [1.54, 1.807) is 0 Å². The molecule has 0 radical (unpaired) electrons. The van der Waals surface area contributed by atoms with Crippen LogP contribution in [-0.4, -0.2) is 41.6 Å². The van der Waals surface area contributed by atoms with Gasteiger partial charge in [0.05, 0.1) is 0 Å². The Morgan fingerprint density at radius 3 is 2.61 bits per heavy atom. The van der Waals surface area contributed by atoms with Crippen molar-refractivity contribution in [1.29, 1.82) is 0 Å². The molecule has 2 N–H and O–H groups in total. The van der Waals surface area contributed by atoms with E-state index >= 15 is 0 Å². The van der Waals surface area contributed by atoms with Crippen LogP contribution in [0, 0.1) is 17.8 Å². The van der Waals surface area contributed by atoms with Gasteiger partial charge in [-0.3, -0.25) is 4.79 Å². The normalized spacial score (nSPS) is 31.1. The average molecular weight is 254 g/mol. The molecule has 5 heteroatoms. The van der Waals surface area contributed by atoms with Gasteiger partial charge < -0.3 is 15.3 Å². The summed E-state index contributed by atoms with van der Waals surface area (Å²) in [7, 11) is 1.51. The summed E-state index contributed by atoms with van der Waals surface area (Å²) in [5.74, 6) is 1.21. The van der Waals surface area contributed by atoms with Crippen LogP contribution in [0.2, 0.25) is 0 Å². The first-order valence-corrected chi connectivity index (χ1v) is 6.70. The number of nitrogens with zero attached hydrogens (tertiary/aromatic N) is 1. The molecule has 2 fully saturated rings. The number of carbonyl (C=O) groups excluding carboxylic acids is 1. The van der Waals surface area contributed by atoms with Gasteiger partial charge in [-0.15, -0.1) is 0 Å². The Hall–Kier alpha value is -1.26. The fourth-order valence-corrected chi connectivity index (χ4v) is 3.59. The molecule has 2 aliphatic rings. The second-order valence-corrected chi connectivity index (χ2v) is 5.83. The molecule has 2 bridgehead atoms. The second kappa shape index (κ2) is 5.16. The average Bonchev–Trinajstić information content (AvgIpc) is 2.89. The van der Waals surface area contributed by atoms with Gasteiger partial charge in [-0.05, 0) is 43.9 Å². The van der Waals surface area contributed by atoms with Gasteiger partial charge in [0.15, 0.2) is 0 Å².